The Morgan fingerprint density at radius 2 is 1.56 bits per heavy atom. The molecule has 2 N–H and O–H groups in total. The molecule has 0 fully saturated rings. The van der Waals surface area contributed by atoms with E-state index >= 15 is 0 Å². The van der Waals surface area contributed by atoms with E-state index in [1.807, 2.05) is 31.2 Å². The first-order valence-electron chi connectivity index (χ1n) is 8.11. The number of nitrogen functional groups attached to an aromatic ring is 1. The molecular weight excluding hydrogens is 316 g/mol. The van der Waals surface area contributed by atoms with Gasteiger partial charge in [0.05, 0.1) is 0 Å². The molecule has 3 heteroatoms. The number of allylic oxidation sites excluding steroid dienone is 1. The van der Waals surface area contributed by atoms with Crippen LogP contribution in [0.3, 0.4) is 0 Å². The Hall–Kier alpha value is -2.94. The minimum atomic E-state index is -0.330. The molecule has 126 valence electrons. The maximum absolute atomic E-state index is 14.4. The van der Waals surface area contributed by atoms with E-state index in [0.717, 1.165) is 11.1 Å². The SMILES string of the molecule is Cc1ccc(N)c(C(=CCc2ccccc2F)c2ccccc2F)c1. The van der Waals surface area contributed by atoms with Gasteiger partial charge in [0.15, 0.2) is 0 Å². The summed E-state index contributed by atoms with van der Waals surface area (Å²) in [6.07, 6.45) is 2.19. The Balaban J connectivity index is 2.12. The van der Waals surface area contributed by atoms with Gasteiger partial charge in [-0.25, -0.2) is 8.78 Å². The van der Waals surface area contributed by atoms with E-state index in [1.165, 1.54) is 12.1 Å². The van der Waals surface area contributed by atoms with Crippen LogP contribution in [0.2, 0.25) is 0 Å². The van der Waals surface area contributed by atoms with Crippen molar-refractivity contribution in [2.75, 3.05) is 5.73 Å². The van der Waals surface area contributed by atoms with Crippen molar-refractivity contribution in [3.63, 3.8) is 0 Å². The van der Waals surface area contributed by atoms with E-state index in [9.17, 15) is 8.78 Å². The number of nitrogens with two attached hydrogens (primary N) is 1. The molecular formula is C22H19F2N. The minimum absolute atomic E-state index is 0.274. The number of hydrogen-bond acceptors (Lipinski definition) is 1. The van der Waals surface area contributed by atoms with Gasteiger partial charge in [-0.05, 0) is 48.7 Å². The fourth-order valence-electron chi connectivity index (χ4n) is 2.82. The molecule has 0 aliphatic rings. The molecule has 1 nitrogen and oxygen atoms in total. The summed E-state index contributed by atoms with van der Waals surface area (Å²) in [6, 6.07) is 18.8. The van der Waals surface area contributed by atoms with Gasteiger partial charge in [-0.3, -0.25) is 0 Å². The van der Waals surface area contributed by atoms with E-state index in [-0.39, 0.29) is 11.6 Å². The highest BCUT2D eigenvalue weighted by atomic mass is 19.1. The van der Waals surface area contributed by atoms with Gasteiger partial charge in [0.2, 0.25) is 0 Å². The summed E-state index contributed by atoms with van der Waals surface area (Å²) in [5, 5.41) is 0. The van der Waals surface area contributed by atoms with Crippen molar-refractivity contribution in [1.82, 2.24) is 0 Å². The molecule has 0 atom stereocenters. The Bertz CT molecular complexity index is 929. The number of anilines is 1. The molecule has 0 aliphatic carbocycles. The molecule has 0 amide bonds. The molecule has 3 aromatic carbocycles. The average molecular weight is 335 g/mol. The van der Waals surface area contributed by atoms with Gasteiger partial charge < -0.3 is 5.73 Å². The lowest BCUT2D eigenvalue weighted by molar-refractivity contribution is 0.615. The van der Waals surface area contributed by atoms with Gasteiger partial charge in [0.1, 0.15) is 11.6 Å². The lowest BCUT2D eigenvalue weighted by Crippen LogP contribution is -1.99. The van der Waals surface area contributed by atoms with Crippen LogP contribution < -0.4 is 5.73 Å². The third-order valence-corrected chi connectivity index (χ3v) is 4.15. The first-order valence-corrected chi connectivity index (χ1v) is 8.11. The van der Waals surface area contributed by atoms with Crippen molar-refractivity contribution in [2.24, 2.45) is 0 Å². The summed E-state index contributed by atoms with van der Waals surface area (Å²) in [7, 11) is 0. The van der Waals surface area contributed by atoms with Crippen LogP contribution in [0.1, 0.15) is 22.3 Å². The second kappa shape index (κ2) is 7.31. The van der Waals surface area contributed by atoms with Crippen molar-refractivity contribution < 1.29 is 8.78 Å². The zero-order chi connectivity index (χ0) is 17.8. The van der Waals surface area contributed by atoms with Gasteiger partial charge in [-0.15, -0.1) is 0 Å². The number of hydrogen-bond donors (Lipinski definition) is 1. The first-order chi connectivity index (χ1) is 12.1. The standard InChI is InChI=1S/C22H19F2N/c1-15-10-13-22(25)19(14-15)17(18-7-3-5-9-21(18)24)12-11-16-6-2-4-8-20(16)23/h2-10,12-14H,11,25H2,1H3. The topological polar surface area (TPSA) is 26.0 Å². The van der Waals surface area contributed by atoms with Crippen molar-refractivity contribution in [1.29, 1.82) is 0 Å². The third kappa shape index (κ3) is 3.77. The Morgan fingerprint density at radius 3 is 2.28 bits per heavy atom. The largest absolute Gasteiger partial charge is 0.398 e. The van der Waals surface area contributed by atoms with Crippen LogP contribution in [0.15, 0.2) is 72.8 Å². The number of benzene rings is 3. The van der Waals surface area contributed by atoms with Crippen LogP contribution in [-0.4, -0.2) is 0 Å². The molecule has 3 rings (SSSR count). The monoisotopic (exact) mass is 335 g/mol. The lowest BCUT2D eigenvalue weighted by atomic mass is 9.93. The minimum Gasteiger partial charge on any atom is -0.398 e. The number of aryl methyl sites for hydroxylation is 1. The van der Waals surface area contributed by atoms with E-state index in [1.54, 1.807) is 36.4 Å². The smallest absolute Gasteiger partial charge is 0.131 e. The molecule has 0 spiro atoms. The maximum atomic E-state index is 14.4. The van der Waals surface area contributed by atoms with Crippen molar-refractivity contribution in [3.8, 4) is 0 Å². The van der Waals surface area contributed by atoms with Crippen LogP contribution >= 0.6 is 0 Å². The van der Waals surface area contributed by atoms with Crippen LogP contribution in [0.5, 0.6) is 0 Å². The molecule has 0 saturated heterocycles. The zero-order valence-electron chi connectivity index (χ0n) is 14.0. The summed E-state index contributed by atoms with van der Waals surface area (Å²) in [4.78, 5) is 0. The van der Waals surface area contributed by atoms with Crippen LogP contribution in [0.4, 0.5) is 14.5 Å². The summed E-state index contributed by atoms with van der Waals surface area (Å²) in [5.41, 5.74) is 10.2. The molecule has 0 saturated carbocycles. The van der Waals surface area contributed by atoms with Crippen LogP contribution in [-0.2, 0) is 6.42 Å². The van der Waals surface area contributed by atoms with E-state index in [4.69, 9.17) is 5.73 Å². The fourth-order valence-corrected chi connectivity index (χ4v) is 2.82. The lowest BCUT2D eigenvalue weighted by Gasteiger charge is -2.13. The highest BCUT2D eigenvalue weighted by molar-refractivity contribution is 5.86. The predicted octanol–water partition coefficient (Wildman–Crippen LogP) is 5.53. The normalized spacial score (nSPS) is 11.6. The highest BCUT2D eigenvalue weighted by Crippen LogP contribution is 2.31. The van der Waals surface area contributed by atoms with Crippen molar-refractivity contribution in [3.05, 3.63) is 107 Å². The first kappa shape index (κ1) is 16.9. The van der Waals surface area contributed by atoms with Gasteiger partial charge >= 0.3 is 0 Å². The summed E-state index contributed by atoms with van der Waals surface area (Å²) in [5.74, 6) is -0.605. The zero-order valence-corrected chi connectivity index (χ0v) is 14.0. The molecule has 25 heavy (non-hydrogen) atoms. The summed E-state index contributed by atoms with van der Waals surface area (Å²) < 4.78 is 28.3. The van der Waals surface area contributed by atoms with Crippen molar-refractivity contribution >= 4 is 11.3 Å². The summed E-state index contributed by atoms with van der Waals surface area (Å²) in [6.45, 7) is 1.96. The Morgan fingerprint density at radius 1 is 0.880 bits per heavy atom. The molecule has 0 aromatic heterocycles. The fraction of sp³-hybridized carbons (Fsp3) is 0.0909. The van der Waals surface area contributed by atoms with Gasteiger partial charge in [0, 0.05) is 16.8 Å². The molecule has 0 aliphatic heterocycles. The van der Waals surface area contributed by atoms with Crippen molar-refractivity contribution in [2.45, 2.75) is 13.3 Å². The van der Waals surface area contributed by atoms with E-state index in [2.05, 4.69) is 0 Å². The van der Waals surface area contributed by atoms with E-state index < -0.39 is 0 Å². The molecule has 0 unspecified atom stereocenters. The van der Waals surface area contributed by atoms with Gasteiger partial charge in [-0.2, -0.15) is 0 Å². The third-order valence-electron chi connectivity index (χ3n) is 4.15. The van der Waals surface area contributed by atoms with Gasteiger partial charge in [-0.1, -0.05) is 54.1 Å². The molecule has 0 heterocycles. The predicted molar refractivity (Wildman–Crippen MR) is 99.2 cm³/mol. The molecule has 3 aromatic rings. The average Bonchev–Trinajstić information content (AvgIpc) is 2.61. The number of rotatable bonds is 4. The second-order valence-corrected chi connectivity index (χ2v) is 5.98. The van der Waals surface area contributed by atoms with E-state index in [0.29, 0.717) is 28.8 Å². The highest BCUT2D eigenvalue weighted by Gasteiger charge is 2.13. The van der Waals surface area contributed by atoms with Gasteiger partial charge in [0.25, 0.3) is 0 Å². The summed E-state index contributed by atoms with van der Waals surface area (Å²) >= 11 is 0. The second-order valence-electron chi connectivity index (χ2n) is 5.98. The quantitative estimate of drug-likeness (QED) is 0.623. The maximum Gasteiger partial charge on any atom is 0.131 e. The Kier molecular flexibility index (Phi) is 4.94. The molecule has 0 bridgehead atoms. The van der Waals surface area contributed by atoms with Crippen LogP contribution in [0, 0.1) is 18.6 Å². The number of halogens is 2. The van der Waals surface area contributed by atoms with Crippen LogP contribution in [0.25, 0.3) is 5.57 Å². The molecule has 0 radical (unpaired) electrons. The Labute approximate surface area is 146 Å².